The summed E-state index contributed by atoms with van der Waals surface area (Å²) in [6, 6.07) is 6.40. The van der Waals surface area contributed by atoms with E-state index < -0.39 is 0 Å². The van der Waals surface area contributed by atoms with Crippen LogP contribution in [-0.4, -0.2) is 27.3 Å². The van der Waals surface area contributed by atoms with E-state index in [9.17, 15) is 0 Å². The molecule has 1 aliphatic heterocycles. The molecule has 0 amide bonds. The van der Waals surface area contributed by atoms with Crippen LogP contribution in [0.2, 0.25) is 0 Å². The van der Waals surface area contributed by atoms with Gasteiger partial charge in [0.1, 0.15) is 11.6 Å². The number of nitrogens with two attached hydrogens (primary N) is 1. The summed E-state index contributed by atoms with van der Waals surface area (Å²) in [5.74, 6) is 2.74. The highest BCUT2D eigenvalue weighted by Gasteiger charge is 2.14. The van der Waals surface area contributed by atoms with Gasteiger partial charge in [-0.2, -0.15) is 0 Å². The highest BCUT2D eigenvalue weighted by atomic mass is 15.3. The number of aryl methyl sites for hydroxylation is 4. The van der Waals surface area contributed by atoms with Gasteiger partial charge in [0.15, 0.2) is 5.96 Å². The summed E-state index contributed by atoms with van der Waals surface area (Å²) < 4.78 is 2.31. The fraction of sp³-hybridized carbons (Fsp3) is 0.571. The normalized spacial score (nSPS) is 14.7. The molecule has 0 radical (unpaired) electrons. The van der Waals surface area contributed by atoms with E-state index in [0.717, 1.165) is 56.0 Å². The van der Waals surface area contributed by atoms with Crippen molar-refractivity contribution < 1.29 is 0 Å². The first-order valence-corrected chi connectivity index (χ1v) is 10.3. The molecule has 0 saturated heterocycles. The Morgan fingerprint density at radius 2 is 1.93 bits per heavy atom. The summed E-state index contributed by atoms with van der Waals surface area (Å²) >= 11 is 0. The molecule has 1 aliphatic rings. The lowest BCUT2D eigenvalue weighted by Crippen LogP contribution is -2.24. The van der Waals surface area contributed by atoms with Gasteiger partial charge < -0.3 is 15.6 Å². The molecule has 0 bridgehead atoms. The van der Waals surface area contributed by atoms with Gasteiger partial charge in [0.2, 0.25) is 0 Å². The van der Waals surface area contributed by atoms with E-state index in [1.807, 2.05) is 0 Å². The fourth-order valence-electron chi connectivity index (χ4n) is 3.74. The molecule has 1 aromatic heterocycles. The van der Waals surface area contributed by atoms with Crippen LogP contribution < -0.4 is 11.1 Å². The number of hydrogen-bond donors (Lipinski definition) is 2. The largest absolute Gasteiger partial charge is 0.370 e. The molecule has 2 heterocycles. The van der Waals surface area contributed by atoms with Crippen LogP contribution in [0, 0.1) is 0 Å². The van der Waals surface area contributed by atoms with Crippen molar-refractivity contribution in [2.45, 2.75) is 71.8 Å². The Balaban J connectivity index is 1.56. The predicted octanol–water partition coefficient (Wildman–Crippen LogP) is 3.49. The minimum atomic E-state index is 0.491. The summed E-state index contributed by atoms with van der Waals surface area (Å²) in [5, 5.41) is 12.1. The van der Waals surface area contributed by atoms with Gasteiger partial charge in [0.05, 0.1) is 0 Å². The zero-order valence-corrected chi connectivity index (χ0v) is 16.7. The van der Waals surface area contributed by atoms with Crippen LogP contribution in [0.3, 0.4) is 0 Å². The number of aliphatic imine (C=N–C) groups is 1. The van der Waals surface area contributed by atoms with Crippen LogP contribution in [0.5, 0.6) is 0 Å². The van der Waals surface area contributed by atoms with Crippen LogP contribution in [0.15, 0.2) is 23.2 Å². The molecule has 6 nitrogen and oxygen atoms in total. The number of nitrogens with zero attached hydrogens (tertiary/aromatic N) is 4. The smallest absolute Gasteiger partial charge is 0.193 e. The second-order valence-corrected chi connectivity index (χ2v) is 7.15. The number of nitrogens with one attached hydrogen (secondary N) is 1. The summed E-state index contributed by atoms with van der Waals surface area (Å²) in [6.07, 6.45) is 8.56. The van der Waals surface area contributed by atoms with Crippen molar-refractivity contribution >= 4 is 11.6 Å². The number of guanidine groups is 1. The van der Waals surface area contributed by atoms with Crippen LogP contribution in [0.4, 0.5) is 5.69 Å². The first-order chi connectivity index (χ1) is 13.2. The van der Waals surface area contributed by atoms with Crippen molar-refractivity contribution in [3.8, 4) is 0 Å². The first kappa shape index (κ1) is 19.4. The first-order valence-electron chi connectivity index (χ1n) is 10.3. The van der Waals surface area contributed by atoms with E-state index >= 15 is 0 Å². The maximum atomic E-state index is 6.15. The molecule has 2 aromatic rings. The molecule has 0 unspecified atom stereocenters. The van der Waals surface area contributed by atoms with Gasteiger partial charge in [-0.1, -0.05) is 38.5 Å². The highest BCUT2D eigenvalue weighted by molar-refractivity contribution is 5.93. The number of para-hydroxylation sites is 1. The summed E-state index contributed by atoms with van der Waals surface area (Å²) in [4.78, 5) is 4.53. The van der Waals surface area contributed by atoms with Gasteiger partial charge in [-0.15, -0.1) is 10.2 Å². The van der Waals surface area contributed by atoms with E-state index in [1.165, 1.54) is 30.4 Å². The molecule has 1 aromatic carbocycles. The lowest BCUT2D eigenvalue weighted by Gasteiger charge is -2.14. The van der Waals surface area contributed by atoms with Crippen molar-refractivity contribution in [3.63, 3.8) is 0 Å². The zero-order valence-electron chi connectivity index (χ0n) is 16.7. The monoisotopic (exact) mass is 368 g/mol. The molecule has 0 fully saturated rings. The molecule has 3 N–H and O–H groups in total. The molecular weight excluding hydrogens is 336 g/mol. The number of anilines is 1. The number of rotatable bonds is 7. The molecule has 0 aliphatic carbocycles. The third-order valence-electron chi connectivity index (χ3n) is 5.28. The number of fused-ring (bicyclic) bond motifs is 1. The van der Waals surface area contributed by atoms with E-state index in [2.05, 4.69) is 57.1 Å². The van der Waals surface area contributed by atoms with Crippen LogP contribution in [0.25, 0.3) is 0 Å². The summed E-state index contributed by atoms with van der Waals surface area (Å²) in [7, 11) is 0. The van der Waals surface area contributed by atoms with Gasteiger partial charge >= 0.3 is 0 Å². The number of benzene rings is 1. The third-order valence-corrected chi connectivity index (χ3v) is 5.28. The van der Waals surface area contributed by atoms with Crippen LogP contribution in [0.1, 0.15) is 62.3 Å². The standard InChI is InChI=1S/C21H32N6/c1-3-16-10-8-11-17(4-2)20(16)24-21(22)23-14-9-13-19-26-25-18-12-6-5-7-15-27(18)19/h8,10-11H,3-7,9,12-15H2,1-2H3,(H3,22,23,24). The SMILES string of the molecule is CCc1cccc(CC)c1NC(N)=NCCCc1nnc2n1CCCCC2. The van der Waals surface area contributed by atoms with E-state index in [0.29, 0.717) is 12.5 Å². The quantitative estimate of drug-likeness (QED) is 0.445. The molecule has 0 spiro atoms. The van der Waals surface area contributed by atoms with Crippen molar-refractivity contribution in [1.29, 1.82) is 0 Å². The number of aromatic nitrogens is 3. The molecule has 0 atom stereocenters. The van der Waals surface area contributed by atoms with Crippen molar-refractivity contribution in [2.24, 2.45) is 10.7 Å². The van der Waals surface area contributed by atoms with E-state index in [4.69, 9.17) is 5.73 Å². The van der Waals surface area contributed by atoms with Crippen molar-refractivity contribution in [1.82, 2.24) is 14.8 Å². The van der Waals surface area contributed by atoms with Gasteiger partial charge in [-0.05, 0) is 43.2 Å². The molecule has 6 heteroatoms. The van der Waals surface area contributed by atoms with Gasteiger partial charge in [0, 0.05) is 31.6 Å². The van der Waals surface area contributed by atoms with Crippen molar-refractivity contribution in [2.75, 3.05) is 11.9 Å². The minimum absolute atomic E-state index is 0.491. The molecule has 3 rings (SSSR count). The highest BCUT2D eigenvalue weighted by Crippen LogP contribution is 2.22. The third kappa shape index (κ3) is 4.87. The Morgan fingerprint density at radius 1 is 1.15 bits per heavy atom. The van der Waals surface area contributed by atoms with Gasteiger partial charge in [-0.25, -0.2) is 0 Å². The average molecular weight is 369 g/mol. The maximum Gasteiger partial charge on any atom is 0.193 e. The maximum absolute atomic E-state index is 6.15. The van der Waals surface area contributed by atoms with Crippen LogP contribution >= 0.6 is 0 Å². The van der Waals surface area contributed by atoms with E-state index in [-0.39, 0.29) is 0 Å². The van der Waals surface area contributed by atoms with Crippen molar-refractivity contribution in [3.05, 3.63) is 41.0 Å². The molecule has 146 valence electrons. The minimum Gasteiger partial charge on any atom is -0.370 e. The summed E-state index contributed by atoms with van der Waals surface area (Å²) in [5.41, 5.74) is 9.82. The predicted molar refractivity (Wildman–Crippen MR) is 111 cm³/mol. The number of hydrogen-bond acceptors (Lipinski definition) is 3. The Hall–Kier alpha value is -2.37. The Kier molecular flexibility index (Phi) is 6.85. The Labute approximate surface area is 162 Å². The second-order valence-electron chi connectivity index (χ2n) is 7.15. The van der Waals surface area contributed by atoms with Crippen LogP contribution in [-0.2, 0) is 32.2 Å². The van der Waals surface area contributed by atoms with E-state index in [1.54, 1.807) is 0 Å². The Bertz CT molecular complexity index is 755. The zero-order chi connectivity index (χ0) is 19.1. The molecule has 0 saturated carbocycles. The summed E-state index contributed by atoms with van der Waals surface area (Å²) in [6.45, 7) is 6.07. The average Bonchev–Trinajstić information content (AvgIpc) is 2.91. The van der Waals surface area contributed by atoms with Gasteiger partial charge in [-0.3, -0.25) is 4.99 Å². The topological polar surface area (TPSA) is 81.1 Å². The second kappa shape index (κ2) is 9.53. The lowest BCUT2D eigenvalue weighted by atomic mass is 10.0. The fourth-order valence-corrected chi connectivity index (χ4v) is 3.74. The Morgan fingerprint density at radius 3 is 2.67 bits per heavy atom. The lowest BCUT2D eigenvalue weighted by molar-refractivity contribution is 0.598. The molecular formula is C21H32N6. The molecule has 27 heavy (non-hydrogen) atoms. The van der Waals surface area contributed by atoms with Gasteiger partial charge in [0.25, 0.3) is 0 Å².